The maximum absolute atomic E-state index is 11.5. The zero-order valence-electron chi connectivity index (χ0n) is 10.2. The number of amides is 1. The Balaban J connectivity index is 0.000000531. The molecule has 0 fully saturated rings. The molecule has 0 saturated heterocycles. The van der Waals surface area contributed by atoms with Crippen molar-refractivity contribution in [2.45, 2.75) is 41.2 Å². The monoisotopic (exact) mass is 205 g/mol. The van der Waals surface area contributed by atoms with Crippen molar-refractivity contribution < 1.29 is 4.79 Å². The Morgan fingerprint density at radius 1 is 1.13 bits per heavy atom. The molecular formula is C13H19NO. The van der Waals surface area contributed by atoms with Gasteiger partial charge in [-0.3, -0.25) is 4.79 Å². The van der Waals surface area contributed by atoms with Gasteiger partial charge in [0.05, 0.1) is 0 Å². The molecule has 0 unspecified atom stereocenters. The Morgan fingerprint density at radius 2 is 1.73 bits per heavy atom. The second-order valence-corrected chi connectivity index (χ2v) is 3.67. The Labute approximate surface area is 91.7 Å². The Bertz CT molecular complexity index is 394. The van der Waals surface area contributed by atoms with Crippen LogP contribution in [0.2, 0.25) is 0 Å². The number of hydrogen-bond donors (Lipinski definition) is 1. The maximum atomic E-state index is 11.5. The SMILES string of the molecule is CC.Cc1cc(C)c2c(c1C)C(=O)NC2. The predicted molar refractivity (Wildman–Crippen MR) is 63.2 cm³/mol. The molecule has 0 bridgehead atoms. The molecule has 1 N–H and O–H groups in total. The number of benzene rings is 1. The standard InChI is InChI=1S/C11H13NO.C2H6/c1-6-4-7(2)9-5-12-11(13)10(9)8(6)3;1-2/h4H,5H2,1-3H3,(H,12,13);1-2H3. The molecule has 15 heavy (non-hydrogen) atoms. The Morgan fingerprint density at radius 3 is 2.33 bits per heavy atom. The van der Waals surface area contributed by atoms with E-state index in [1.54, 1.807) is 0 Å². The number of aryl methyl sites for hydroxylation is 2. The van der Waals surface area contributed by atoms with E-state index in [4.69, 9.17) is 0 Å². The lowest BCUT2D eigenvalue weighted by Crippen LogP contribution is -2.13. The van der Waals surface area contributed by atoms with E-state index in [9.17, 15) is 4.79 Å². The van der Waals surface area contributed by atoms with E-state index in [0.29, 0.717) is 6.54 Å². The minimum absolute atomic E-state index is 0.0827. The van der Waals surface area contributed by atoms with Crippen molar-refractivity contribution in [1.29, 1.82) is 0 Å². The van der Waals surface area contributed by atoms with Gasteiger partial charge in [-0.15, -0.1) is 0 Å². The van der Waals surface area contributed by atoms with Crippen molar-refractivity contribution in [2.75, 3.05) is 0 Å². The van der Waals surface area contributed by atoms with E-state index in [1.165, 1.54) is 16.7 Å². The van der Waals surface area contributed by atoms with Crippen molar-refractivity contribution in [3.63, 3.8) is 0 Å². The Kier molecular flexibility index (Phi) is 3.51. The van der Waals surface area contributed by atoms with Gasteiger partial charge < -0.3 is 5.32 Å². The summed E-state index contributed by atoms with van der Waals surface area (Å²) in [6.45, 7) is 10.8. The zero-order valence-corrected chi connectivity index (χ0v) is 10.2. The van der Waals surface area contributed by atoms with Crippen molar-refractivity contribution in [2.24, 2.45) is 0 Å². The van der Waals surface area contributed by atoms with Crippen LogP contribution in [0.25, 0.3) is 0 Å². The summed E-state index contributed by atoms with van der Waals surface area (Å²) < 4.78 is 0. The minimum Gasteiger partial charge on any atom is -0.348 e. The first kappa shape index (κ1) is 11.8. The van der Waals surface area contributed by atoms with Crippen LogP contribution in [0, 0.1) is 20.8 Å². The molecule has 1 amide bonds. The van der Waals surface area contributed by atoms with Gasteiger partial charge >= 0.3 is 0 Å². The predicted octanol–water partition coefficient (Wildman–Crippen LogP) is 2.88. The molecule has 2 heteroatoms. The number of rotatable bonds is 0. The van der Waals surface area contributed by atoms with Gasteiger partial charge in [-0.25, -0.2) is 0 Å². The summed E-state index contributed by atoms with van der Waals surface area (Å²) in [5.74, 6) is 0.0827. The first-order valence-electron chi connectivity index (χ1n) is 5.49. The first-order valence-corrected chi connectivity index (χ1v) is 5.49. The van der Waals surface area contributed by atoms with Gasteiger partial charge in [0.15, 0.2) is 0 Å². The molecule has 0 spiro atoms. The van der Waals surface area contributed by atoms with Crippen LogP contribution in [0.3, 0.4) is 0 Å². The van der Waals surface area contributed by atoms with E-state index in [1.807, 2.05) is 27.7 Å². The van der Waals surface area contributed by atoms with E-state index >= 15 is 0 Å². The first-order chi connectivity index (χ1) is 7.11. The summed E-state index contributed by atoms with van der Waals surface area (Å²) in [5.41, 5.74) is 5.62. The van der Waals surface area contributed by atoms with Gasteiger partial charge in [0.2, 0.25) is 0 Å². The fourth-order valence-electron chi connectivity index (χ4n) is 1.93. The van der Waals surface area contributed by atoms with Gasteiger partial charge in [-0.2, -0.15) is 0 Å². The Hall–Kier alpha value is -1.31. The molecule has 2 rings (SSSR count). The number of hydrogen-bond acceptors (Lipinski definition) is 1. The molecule has 0 saturated carbocycles. The summed E-state index contributed by atoms with van der Waals surface area (Å²) >= 11 is 0. The lowest BCUT2D eigenvalue weighted by Gasteiger charge is -2.08. The van der Waals surface area contributed by atoms with E-state index in [2.05, 4.69) is 18.3 Å². The van der Waals surface area contributed by atoms with Crippen LogP contribution >= 0.6 is 0 Å². The van der Waals surface area contributed by atoms with Gasteiger partial charge in [0.1, 0.15) is 0 Å². The van der Waals surface area contributed by atoms with Crippen LogP contribution < -0.4 is 5.32 Å². The van der Waals surface area contributed by atoms with Gasteiger partial charge in [-0.1, -0.05) is 19.9 Å². The van der Waals surface area contributed by atoms with E-state index < -0.39 is 0 Å². The number of carbonyl (C=O) groups excluding carboxylic acids is 1. The third-order valence-electron chi connectivity index (χ3n) is 2.83. The lowest BCUT2D eigenvalue weighted by atomic mass is 9.95. The van der Waals surface area contributed by atoms with Gasteiger partial charge in [-0.05, 0) is 43.0 Å². The number of fused-ring (bicyclic) bond motifs is 1. The van der Waals surface area contributed by atoms with E-state index in [-0.39, 0.29) is 5.91 Å². The van der Waals surface area contributed by atoms with E-state index in [0.717, 1.165) is 11.1 Å². The molecule has 0 atom stereocenters. The fourth-order valence-corrected chi connectivity index (χ4v) is 1.93. The highest BCUT2D eigenvalue weighted by Crippen LogP contribution is 2.25. The molecule has 0 aromatic heterocycles. The molecule has 1 aromatic rings. The summed E-state index contributed by atoms with van der Waals surface area (Å²) in [6, 6.07) is 2.15. The molecule has 2 nitrogen and oxygen atoms in total. The summed E-state index contributed by atoms with van der Waals surface area (Å²) in [7, 11) is 0. The highest BCUT2D eigenvalue weighted by molar-refractivity contribution is 6.00. The van der Waals surface area contributed by atoms with Crippen LogP contribution in [0.4, 0.5) is 0 Å². The average molecular weight is 205 g/mol. The maximum Gasteiger partial charge on any atom is 0.252 e. The number of nitrogens with one attached hydrogen (secondary N) is 1. The van der Waals surface area contributed by atoms with Gasteiger partial charge in [0.25, 0.3) is 5.91 Å². The number of carbonyl (C=O) groups is 1. The molecule has 1 aliphatic heterocycles. The average Bonchev–Trinajstić information content (AvgIpc) is 2.61. The van der Waals surface area contributed by atoms with Crippen LogP contribution in [-0.2, 0) is 6.54 Å². The molecule has 1 heterocycles. The lowest BCUT2D eigenvalue weighted by molar-refractivity contribution is 0.0965. The zero-order chi connectivity index (χ0) is 11.6. The van der Waals surface area contributed by atoms with Crippen LogP contribution in [-0.4, -0.2) is 5.91 Å². The third kappa shape index (κ3) is 1.89. The molecule has 1 aromatic carbocycles. The summed E-state index contributed by atoms with van der Waals surface area (Å²) in [5, 5.41) is 2.85. The normalized spacial score (nSPS) is 12.7. The second kappa shape index (κ2) is 4.47. The minimum atomic E-state index is 0.0827. The second-order valence-electron chi connectivity index (χ2n) is 3.67. The molecule has 82 valence electrons. The van der Waals surface area contributed by atoms with Crippen molar-refractivity contribution in [3.05, 3.63) is 33.9 Å². The summed E-state index contributed by atoms with van der Waals surface area (Å²) in [6.07, 6.45) is 0. The van der Waals surface area contributed by atoms with Crippen LogP contribution in [0.1, 0.15) is 46.5 Å². The van der Waals surface area contributed by atoms with Crippen LogP contribution in [0.5, 0.6) is 0 Å². The topological polar surface area (TPSA) is 29.1 Å². The highest BCUT2D eigenvalue weighted by Gasteiger charge is 2.23. The molecule has 0 aliphatic carbocycles. The van der Waals surface area contributed by atoms with Crippen molar-refractivity contribution in [3.8, 4) is 0 Å². The fraction of sp³-hybridized carbons (Fsp3) is 0.462. The van der Waals surface area contributed by atoms with Crippen molar-refractivity contribution in [1.82, 2.24) is 5.32 Å². The molecular weight excluding hydrogens is 186 g/mol. The summed E-state index contributed by atoms with van der Waals surface area (Å²) in [4.78, 5) is 11.5. The molecule has 1 aliphatic rings. The quantitative estimate of drug-likeness (QED) is 0.693. The van der Waals surface area contributed by atoms with Crippen molar-refractivity contribution >= 4 is 5.91 Å². The molecule has 0 radical (unpaired) electrons. The third-order valence-corrected chi connectivity index (χ3v) is 2.83. The largest absolute Gasteiger partial charge is 0.348 e. The smallest absolute Gasteiger partial charge is 0.252 e. The van der Waals surface area contributed by atoms with Crippen LogP contribution in [0.15, 0.2) is 6.07 Å². The highest BCUT2D eigenvalue weighted by atomic mass is 16.1. The van der Waals surface area contributed by atoms with Gasteiger partial charge in [0, 0.05) is 12.1 Å².